The fourth-order valence-electron chi connectivity index (χ4n) is 10.7. The van der Waals surface area contributed by atoms with E-state index < -0.39 is 0 Å². The molecule has 5 heteroatoms. The molecule has 0 spiro atoms. The van der Waals surface area contributed by atoms with Gasteiger partial charge in [0.25, 0.3) is 0 Å². The van der Waals surface area contributed by atoms with E-state index >= 15 is 0 Å². The predicted molar refractivity (Wildman–Crippen MR) is 245 cm³/mol. The van der Waals surface area contributed by atoms with Crippen molar-refractivity contribution in [3.05, 3.63) is 138 Å². The first-order chi connectivity index (χ1) is 25.0. The number of hydrogen-bond acceptors (Lipinski definition) is 0. The fourth-order valence-corrected chi connectivity index (χ4v) is 12.6. The van der Waals surface area contributed by atoms with Crippen molar-refractivity contribution in [3.8, 4) is 55.6 Å². The number of hydrogen-bond donors (Lipinski definition) is 0. The first-order valence-corrected chi connectivity index (χ1v) is 20.7. The molecule has 0 atom stereocenters. The van der Waals surface area contributed by atoms with Gasteiger partial charge >= 0.3 is 0 Å². The van der Waals surface area contributed by atoms with Crippen LogP contribution < -0.4 is 32.8 Å². The molecule has 0 bridgehead atoms. The topological polar surface area (TPSA) is 0 Å². The Labute approximate surface area is 336 Å². The highest BCUT2D eigenvalue weighted by molar-refractivity contribution is 14.1. The second-order valence-electron chi connectivity index (χ2n) is 14.6. The molecule has 13 rings (SSSR count). The van der Waals surface area contributed by atoms with Crippen LogP contribution in [0.1, 0.15) is 0 Å². The van der Waals surface area contributed by atoms with Gasteiger partial charge in [0.1, 0.15) is 0 Å². The van der Waals surface area contributed by atoms with Gasteiger partial charge in [-0.25, -0.2) is 0 Å². The van der Waals surface area contributed by atoms with Gasteiger partial charge in [-0.1, -0.05) is 124 Å². The summed E-state index contributed by atoms with van der Waals surface area (Å²) < 4.78 is 3.93. The molecule has 4 heterocycles. The van der Waals surface area contributed by atoms with Crippen molar-refractivity contribution in [2.75, 3.05) is 0 Å². The molecule has 9 aromatic rings. The van der Waals surface area contributed by atoms with E-state index in [9.17, 15) is 0 Å². The third-order valence-corrected chi connectivity index (χ3v) is 14.5. The molecule has 0 fully saturated rings. The Morgan fingerprint density at radius 3 is 1.39 bits per heavy atom. The number of rotatable bonds is 1. The number of benzene rings is 9. The molecule has 0 aromatic heterocycles. The Morgan fingerprint density at radius 1 is 0.333 bits per heavy atom. The Bertz CT molecular complexity index is 3120. The lowest BCUT2D eigenvalue weighted by molar-refractivity contribution is 1.62. The van der Waals surface area contributed by atoms with Crippen LogP contribution in [0.15, 0.2) is 127 Å². The minimum absolute atomic E-state index is 0.213. The minimum atomic E-state index is 0.213. The summed E-state index contributed by atoms with van der Waals surface area (Å²) in [6.07, 6.45) is 0. The van der Waals surface area contributed by atoms with E-state index in [0.717, 1.165) is 0 Å². The van der Waals surface area contributed by atoms with E-state index in [1.54, 1.807) is 0 Å². The summed E-state index contributed by atoms with van der Waals surface area (Å²) in [4.78, 5) is 0. The molecule has 4 aliphatic rings. The van der Waals surface area contributed by atoms with Gasteiger partial charge in [-0.05, 0) is 192 Å². The van der Waals surface area contributed by atoms with Crippen LogP contribution in [0.3, 0.4) is 0 Å². The van der Waals surface area contributed by atoms with Gasteiger partial charge in [0, 0.05) is 10.7 Å². The quantitative estimate of drug-likeness (QED) is 0.0877. The van der Waals surface area contributed by atoms with Crippen molar-refractivity contribution in [2.24, 2.45) is 0 Å². The molecule has 0 saturated heterocycles. The first kappa shape index (κ1) is 28.9. The summed E-state index contributed by atoms with van der Waals surface area (Å²) in [5, 5.41) is 8.54. The summed E-state index contributed by atoms with van der Waals surface area (Å²) in [5.41, 5.74) is 22.5. The van der Waals surface area contributed by atoms with Crippen LogP contribution in [-0.2, 0) is 0 Å². The maximum Gasteiger partial charge on any atom is 0.244 e. The Balaban J connectivity index is 1.29. The maximum absolute atomic E-state index is 2.65. The van der Waals surface area contributed by atoms with Crippen LogP contribution in [0.25, 0.3) is 88.0 Å². The van der Waals surface area contributed by atoms with E-state index in [4.69, 9.17) is 0 Å². The van der Waals surface area contributed by atoms with E-state index in [1.807, 2.05) is 0 Å². The van der Waals surface area contributed by atoms with Crippen molar-refractivity contribution in [1.29, 1.82) is 0 Å². The molecule has 0 saturated carbocycles. The van der Waals surface area contributed by atoms with Crippen LogP contribution >= 0.6 is 67.8 Å². The van der Waals surface area contributed by atoms with E-state index in [-0.39, 0.29) is 13.4 Å². The SMILES string of the molecule is Ic1cc2c3c(c1)-c1cc(I)c4cc5c6c(cc(-c7ccccc7)c7cc(c1c4c76)B3c1ccccc1-2)-c1cc(I)cc2c1B5c1ccccc1-2. The minimum Gasteiger partial charge on any atom is -0.0664 e. The van der Waals surface area contributed by atoms with E-state index in [1.165, 1.54) is 131 Å². The standard InChI is InChI=1S/C46H21B2I3/c49-23-14-31-25-10-5-7-13-37(25)48-39-20-35-40(51)21-30-34-17-24(50)15-32-26-11-4-6-12-36(26)47(46(32)34)38-19-29-27(22-8-2-1-3-9-22)18-28(33(16-23)45(31)48)41(39)43(29)44(35)42(30)38/h1-21H. The van der Waals surface area contributed by atoms with Gasteiger partial charge in [0.05, 0.1) is 0 Å². The third kappa shape index (κ3) is 3.46. The molecule has 0 amide bonds. The van der Waals surface area contributed by atoms with Gasteiger partial charge in [0.2, 0.25) is 13.4 Å². The lowest BCUT2D eigenvalue weighted by atomic mass is 9.34. The summed E-state index contributed by atoms with van der Waals surface area (Å²) in [5.74, 6) is 0. The number of halogens is 3. The zero-order valence-electron chi connectivity index (χ0n) is 26.9. The Hall–Kier alpha value is -3.66. The summed E-state index contributed by atoms with van der Waals surface area (Å²) >= 11 is 7.74. The molecular weight excluding hydrogens is 955 g/mol. The van der Waals surface area contributed by atoms with Crippen molar-refractivity contribution >= 4 is 146 Å². The maximum atomic E-state index is 2.65. The summed E-state index contributed by atoms with van der Waals surface area (Å²) in [7, 11) is 0. The molecule has 0 unspecified atom stereocenters. The largest absolute Gasteiger partial charge is 0.244 e. The van der Waals surface area contributed by atoms with Crippen molar-refractivity contribution in [3.63, 3.8) is 0 Å². The van der Waals surface area contributed by atoms with Gasteiger partial charge in [-0.2, -0.15) is 0 Å². The van der Waals surface area contributed by atoms with Crippen molar-refractivity contribution < 1.29 is 0 Å². The fraction of sp³-hybridized carbons (Fsp3) is 0. The van der Waals surface area contributed by atoms with Gasteiger partial charge in [0.15, 0.2) is 0 Å². The van der Waals surface area contributed by atoms with Crippen LogP contribution in [0.4, 0.5) is 0 Å². The average Bonchev–Trinajstić information content (AvgIpc) is 3.66. The molecule has 0 radical (unpaired) electrons. The lowest BCUT2D eigenvalue weighted by Crippen LogP contribution is -2.53. The van der Waals surface area contributed by atoms with Gasteiger partial charge in [-0.3, -0.25) is 0 Å². The third-order valence-electron chi connectivity index (χ3n) is 12.4. The van der Waals surface area contributed by atoms with Crippen LogP contribution in [0.5, 0.6) is 0 Å². The zero-order valence-corrected chi connectivity index (χ0v) is 33.4. The normalized spacial score (nSPS) is 13.7. The summed E-state index contributed by atoms with van der Waals surface area (Å²) in [6.45, 7) is 0.434. The van der Waals surface area contributed by atoms with Gasteiger partial charge in [-0.15, -0.1) is 0 Å². The highest BCUT2D eigenvalue weighted by Crippen LogP contribution is 2.50. The lowest BCUT2D eigenvalue weighted by Gasteiger charge is -2.32. The van der Waals surface area contributed by atoms with Crippen molar-refractivity contribution in [2.45, 2.75) is 0 Å². The molecular formula is C46H21B2I3. The highest BCUT2D eigenvalue weighted by atomic mass is 127. The van der Waals surface area contributed by atoms with Crippen LogP contribution in [-0.4, -0.2) is 13.4 Å². The molecule has 9 aromatic carbocycles. The zero-order chi connectivity index (χ0) is 33.4. The molecule has 0 N–H and O–H groups in total. The number of fused-ring (bicyclic) bond motifs is 10. The highest BCUT2D eigenvalue weighted by Gasteiger charge is 2.44. The second-order valence-corrected chi connectivity index (χ2v) is 18.3. The Kier molecular flexibility index (Phi) is 5.58. The molecule has 4 aliphatic heterocycles. The van der Waals surface area contributed by atoms with E-state index in [0.29, 0.717) is 0 Å². The van der Waals surface area contributed by atoms with Gasteiger partial charge < -0.3 is 0 Å². The first-order valence-electron chi connectivity index (χ1n) is 17.5. The molecule has 232 valence electrons. The monoisotopic (exact) mass is 976 g/mol. The Morgan fingerprint density at radius 2 is 0.804 bits per heavy atom. The molecule has 0 aliphatic carbocycles. The van der Waals surface area contributed by atoms with Crippen LogP contribution in [0.2, 0.25) is 0 Å². The molecule has 51 heavy (non-hydrogen) atoms. The van der Waals surface area contributed by atoms with Crippen LogP contribution in [0, 0.1) is 10.7 Å². The van der Waals surface area contributed by atoms with Crippen molar-refractivity contribution in [1.82, 2.24) is 0 Å². The predicted octanol–water partition coefficient (Wildman–Crippen LogP) is 9.02. The summed E-state index contributed by atoms with van der Waals surface area (Å²) in [6, 6.07) is 49.5. The molecule has 0 nitrogen and oxygen atoms in total. The average molecular weight is 976 g/mol. The second kappa shape index (κ2) is 9.85. The smallest absolute Gasteiger partial charge is 0.0664 e. The van der Waals surface area contributed by atoms with E-state index in [2.05, 4.69) is 195 Å².